The molecule has 0 amide bonds. The summed E-state index contributed by atoms with van der Waals surface area (Å²) in [6.07, 6.45) is 19.2. The van der Waals surface area contributed by atoms with Gasteiger partial charge in [-0.25, -0.2) is 0 Å². The number of hydrogen-bond donors (Lipinski definition) is 1. The van der Waals surface area contributed by atoms with Gasteiger partial charge in [0.05, 0.1) is 0 Å². The van der Waals surface area contributed by atoms with Crippen molar-refractivity contribution in [2.24, 2.45) is 0 Å². The molecule has 1 aliphatic rings. The molecule has 0 saturated heterocycles. The van der Waals surface area contributed by atoms with Crippen LogP contribution in [0.3, 0.4) is 0 Å². The molecular formula is C34H36N2. The van der Waals surface area contributed by atoms with Gasteiger partial charge in [-0.3, -0.25) is 0 Å². The molecule has 0 spiro atoms. The highest BCUT2D eigenvalue weighted by molar-refractivity contribution is 5.69. The van der Waals surface area contributed by atoms with Crippen LogP contribution in [0.4, 0.5) is 11.4 Å². The number of aryl methyl sites for hydroxylation is 1. The van der Waals surface area contributed by atoms with Gasteiger partial charge < -0.3 is 10.2 Å². The Balaban J connectivity index is 0.000000214. The third kappa shape index (κ3) is 8.18. The lowest BCUT2D eigenvalue weighted by atomic mass is 10.1. The van der Waals surface area contributed by atoms with E-state index in [1.165, 1.54) is 28.1 Å². The van der Waals surface area contributed by atoms with Gasteiger partial charge in [0, 0.05) is 29.8 Å². The summed E-state index contributed by atoms with van der Waals surface area (Å²) < 4.78 is 0. The zero-order valence-electron chi connectivity index (χ0n) is 21.6. The van der Waals surface area contributed by atoms with E-state index in [0.717, 1.165) is 17.8 Å². The van der Waals surface area contributed by atoms with Crippen molar-refractivity contribution in [2.45, 2.75) is 20.3 Å². The van der Waals surface area contributed by atoms with E-state index in [1.807, 2.05) is 37.3 Å². The summed E-state index contributed by atoms with van der Waals surface area (Å²) in [4.78, 5) is 2.20. The molecule has 2 heteroatoms. The third-order valence-electron chi connectivity index (χ3n) is 5.74. The fourth-order valence-corrected chi connectivity index (χ4v) is 3.62. The number of allylic oxidation sites excluding steroid dienone is 9. The summed E-state index contributed by atoms with van der Waals surface area (Å²) in [6.45, 7) is 7.87. The fraction of sp³-hybridized carbons (Fsp3) is 0.118. The molecule has 1 aliphatic carbocycles. The van der Waals surface area contributed by atoms with Crippen molar-refractivity contribution in [1.82, 2.24) is 5.32 Å². The molecule has 0 saturated carbocycles. The van der Waals surface area contributed by atoms with Crippen LogP contribution in [0.15, 0.2) is 152 Å². The van der Waals surface area contributed by atoms with Crippen molar-refractivity contribution >= 4 is 11.4 Å². The summed E-state index contributed by atoms with van der Waals surface area (Å²) in [6, 6.07) is 27.7. The molecule has 0 radical (unpaired) electrons. The molecule has 3 aromatic rings. The summed E-state index contributed by atoms with van der Waals surface area (Å²) in [5.74, 6) is 0. The van der Waals surface area contributed by atoms with E-state index in [1.54, 1.807) is 0 Å². The first-order valence-electron chi connectivity index (χ1n) is 12.3. The average Bonchev–Trinajstić information content (AvgIpc) is 3.21. The predicted octanol–water partition coefficient (Wildman–Crippen LogP) is 9.05. The van der Waals surface area contributed by atoms with Gasteiger partial charge in [0.1, 0.15) is 0 Å². The van der Waals surface area contributed by atoms with Crippen LogP contribution in [0.5, 0.6) is 0 Å². The molecule has 182 valence electrons. The van der Waals surface area contributed by atoms with Gasteiger partial charge in [-0.15, -0.1) is 0 Å². The van der Waals surface area contributed by atoms with Crippen LogP contribution >= 0.6 is 0 Å². The minimum atomic E-state index is 0.990. The van der Waals surface area contributed by atoms with E-state index in [-0.39, 0.29) is 0 Å². The van der Waals surface area contributed by atoms with Crippen molar-refractivity contribution < 1.29 is 0 Å². The lowest BCUT2D eigenvalue weighted by molar-refractivity contribution is 1.05. The monoisotopic (exact) mass is 472 g/mol. The highest BCUT2D eigenvalue weighted by atomic mass is 15.1. The molecule has 0 heterocycles. The molecule has 0 bridgehead atoms. The fourth-order valence-electron chi connectivity index (χ4n) is 3.62. The predicted molar refractivity (Wildman–Crippen MR) is 158 cm³/mol. The topological polar surface area (TPSA) is 15.3 Å². The minimum Gasteiger partial charge on any atom is -0.356 e. The summed E-state index contributed by atoms with van der Waals surface area (Å²) in [5, 5.41) is 3.30. The van der Waals surface area contributed by atoms with Gasteiger partial charge in [-0.2, -0.15) is 0 Å². The van der Waals surface area contributed by atoms with Crippen LogP contribution in [0.2, 0.25) is 0 Å². The second kappa shape index (κ2) is 14.2. The van der Waals surface area contributed by atoms with Crippen LogP contribution < -0.4 is 10.2 Å². The minimum absolute atomic E-state index is 0.990. The number of rotatable bonds is 7. The summed E-state index contributed by atoms with van der Waals surface area (Å²) in [5.41, 5.74) is 8.26. The molecular weight excluding hydrogens is 436 g/mol. The lowest BCUT2D eigenvalue weighted by Gasteiger charge is -2.20. The SMILES string of the molecule is C=C/C(=C\C=C/C)NC1=CC=CCC=C1.Cc1ccc(N(C)c2ccc(-c3ccccc3)cc2)cc1. The zero-order chi connectivity index (χ0) is 25.6. The summed E-state index contributed by atoms with van der Waals surface area (Å²) >= 11 is 0. The average molecular weight is 473 g/mol. The molecule has 3 aromatic carbocycles. The summed E-state index contributed by atoms with van der Waals surface area (Å²) in [7, 11) is 2.10. The van der Waals surface area contributed by atoms with Crippen LogP contribution in [-0.2, 0) is 0 Å². The Labute approximate surface area is 217 Å². The van der Waals surface area contributed by atoms with Gasteiger partial charge in [0.15, 0.2) is 0 Å². The van der Waals surface area contributed by atoms with Crippen molar-refractivity contribution in [3.05, 3.63) is 157 Å². The number of nitrogens with one attached hydrogen (secondary N) is 1. The van der Waals surface area contributed by atoms with Gasteiger partial charge in [0.25, 0.3) is 0 Å². The number of anilines is 2. The Morgan fingerprint density at radius 1 is 0.861 bits per heavy atom. The maximum absolute atomic E-state index is 3.77. The highest BCUT2D eigenvalue weighted by Gasteiger charge is 2.04. The van der Waals surface area contributed by atoms with Crippen molar-refractivity contribution in [3.8, 4) is 11.1 Å². The molecule has 0 aliphatic heterocycles. The van der Waals surface area contributed by atoms with Gasteiger partial charge in [-0.1, -0.05) is 97.1 Å². The smallest absolute Gasteiger partial charge is 0.0408 e. The molecule has 0 unspecified atom stereocenters. The highest BCUT2D eigenvalue weighted by Crippen LogP contribution is 2.27. The Bertz CT molecular complexity index is 1240. The third-order valence-corrected chi connectivity index (χ3v) is 5.74. The molecule has 0 aromatic heterocycles. The maximum Gasteiger partial charge on any atom is 0.0408 e. The number of hydrogen-bond acceptors (Lipinski definition) is 2. The standard InChI is InChI=1S/C20H19N.C14H17N/c1-16-8-12-19(13-9-16)21(2)20-14-10-18(11-15-20)17-6-4-3-5-7-17;1-3-5-10-13(4-2)15-14-11-8-6-7-9-12-14/h3-15H,1-2H3;3-6,8-12,15H,2,7H2,1H3/b;5-3-,13-10+. The van der Waals surface area contributed by atoms with Crippen molar-refractivity contribution in [1.29, 1.82) is 0 Å². The Morgan fingerprint density at radius 2 is 1.50 bits per heavy atom. The first-order valence-corrected chi connectivity index (χ1v) is 12.3. The van der Waals surface area contributed by atoms with Crippen LogP contribution in [0.25, 0.3) is 11.1 Å². The quantitative estimate of drug-likeness (QED) is 0.345. The number of nitrogens with zero attached hydrogens (tertiary/aromatic N) is 1. The van der Waals surface area contributed by atoms with E-state index in [0.29, 0.717) is 0 Å². The van der Waals surface area contributed by atoms with E-state index >= 15 is 0 Å². The van der Waals surface area contributed by atoms with Crippen molar-refractivity contribution in [3.63, 3.8) is 0 Å². The largest absolute Gasteiger partial charge is 0.356 e. The molecule has 0 atom stereocenters. The van der Waals surface area contributed by atoms with E-state index < -0.39 is 0 Å². The number of benzene rings is 3. The van der Waals surface area contributed by atoms with E-state index in [9.17, 15) is 0 Å². The molecule has 1 N–H and O–H groups in total. The van der Waals surface area contributed by atoms with E-state index in [4.69, 9.17) is 0 Å². The van der Waals surface area contributed by atoms with E-state index in [2.05, 4.69) is 134 Å². The van der Waals surface area contributed by atoms with Gasteiger partial charge in [-0.05, 0) is 80.0 Å². The Kier molecular flexibility index (Phi) is 10.4. The second-order valence-corrected chi connectivity index (χ2v) is 8.47. The molecule has 4 rings (SSSR count). The zero-order valence-corrected chi connectivity index (χ0v) is 21.6. The Hall–Kier alpha value is -4.30. The van der Waals surface area contributed by atoms with Gasteiger partial charge in [0.2, 0.25) is 0 Å². The maximum atomic E-state index is 3.77. The van der Waals surface area contributed by atoms with Crippen LogP contribution in [-0.4, -0.2) is 7.05 Å². The Morgan fingerprint density at radius 3 is 2.14 bits per heavy atom. The van der Waals surface area contributed by atoms with Crippen LogP contribution in [0, 0.1) is 6.92 Å². The second-order valence-electron chi connectivity index (χ2n) is 8.47. The van der Waals surface area contributed by atoms with Crippen molar-refractivity contribution in [2.75, 3.05) is 11.9 Å². The molecule has 36 heavy (non-hydrogen) atoms. The van der Waals surface area contributed by atoms with Crippen LogP contribution in [0.1, 0.15) is 18.9 Å². The first kappa shape index (κ1) is 26.3. The van der Waals surface area contributed by atoms with Gasteiger partial charge >= 0.3 is 0 Å². The first-order chi connectivity index (χ1) is 17.6. The normalized spacial score (nSPS) is 12.9. The molecule has 2 nitrogen and oxygen atoms in total. The lowest BCUT2D eigenvalue weighted by Crippen LogP contribution is -2.08. The molecule has 0 fully saturated rings.